The van der Waals surface area contributed by atoms with Crippen LogP contribution in [-0.2, 0) is 9.59 Å². The molecule has 2 heterocycles. The van der Waals surface area contributed by atoms with Gasteiger partial charge >= 0.3 is 0 Å². The van der Waals surface area contributed by atoms with Crippen LogP contribution in [0.4, 0.5) is 5.82 Å². The van der Waals surface area contributed by atoms with Gasteiger partial charge in [-0.05, 0) is 40.9 Å². The summed E-state index contributed by atoms with van der Waals surface area (Å²) < 4.78 is 0.838. The molecule has 1 aromatic rings. The van der Waals surface area contributed by atoms with E-state index in [4.69, 9.17) is 0 Å². The quantitative estimate of drug-likeness (QED) is 0.809. The van der Waals surface area contributed by atoms with Crippen molar-refractivity contribution in [3.05, 3.63) is 22.3 Å². The first kappa shape index (κ1) is 12.0. The van der Waals surface area contributed by atoms with Crippen LogP contribution in [0.1, 0.15) is 18.4 Å². The molecule has 90 valence electrons. The van der Waals surface area contributed by atoms with Crippen molar-refractivity contribution in [1.82, 2.24) is 10.3 Å². The number of aryl methyl sites for hydroxylation is 1. The molecule has 17 heavy (non-hydrogen) atoms. The molecule has 1 aromatic heterocycles. The van der Waals surface area contributed by atoms with Crippen molar-refractivity contribution in [3.8, 4) is 0 Å². The number of carbonyl (C=O) groups is 2. The lowest BCUT2D eigenvalue weighted by molar-refractivity contribution is -0.133. The molecule has 6 heteroatoms. The Bertz CT molecular complexity index is 476. The first-order valence-corrected chi connectivity index (χ1v) is 6.08. The molecule has 0 spiro atoms. The van der Waals surface area contributed by atoms with Crippen LogP contribution in [0, 0.1) is 6.92 Å². The number of anilines is 1. The van der Waals surface area contributed by atoms with E-state index in [-0.39, 0.29) is 11.8 Å². The number of hydrogen-bond donors (Lipinski definition) is 2. The van der Waals surface area contributed by atoms with Gasteiger partial charge < -0.3 is 5.32 Å². The minimum absolute atomic E-state index is 0.218. The van der Waals surface area contributed by atoms with Gasteiger partial charge in [0.2, 0.25) is 11.8 Å². The van der Waals surface area contributed by atoms with Crippen molar-refractivity contribution in [2.45, 2.75) is 25.8 Å². The second-order valence-electron chi connectivity index (χ2n) is 3.94. The topological polar surface area (TPSA) is 71.1 Å². The maximum absolute atomic E-state index is 11.6. The van der Waals surface area contributed by atoms with E-state index < -0.39 is 6.04 Å². The molecule has 1 fully saturated rings. The van der Waals surface area contributed by atoms with Gasteiger partial charge in [0.15, 0.2) is 0 Å². The average molecular weight is 298 g/mol. The highest BCUT2D eigenvalue weighted by atomic mass is 79.9. The Labute approximate surface area is 107 Å². The molecule has 1 unspecified atom stereocenters. The minimum Gasteiger partial charge on any atom is -0.357 e. The Balaban J connectivity index is 2.13. The van der Waals surface area contributed by atoms with Gasteiger partial charge in [0.05, 0.1) is 4.47 Å². The number of pyridine rings is 1. The predicted octanol–water partition coefficient (Wildman–Crippen LogP) is 1.37. The molecule has 1 atom stereocenters. The zero-order valence-electron chi connectivity index (χ0n) is 9.29. The Kier molecular flexibility index (Phi) is 3.42. The number of aromatic nitrogens is 1. The Morgan fingerprint density at radius 1 is 1.53 bits per heavy atom. The fraction of sp³-hybridized carbons (Fsp3) is 0.364. The van der Waals surface area contributed by atoms with Gasteiger partial charge in [-0.3, -0.25) is 14.9 Å². The maximum Gasteiger partial charge on any atom is 0.249 e. The Morgan fingerprint density at radius 3 is 3.00 bits per heavy atom. The van der Waals surface area contributed by atoms with Gasteiger partial charge in [0, 0.05) is 12.6 Å². The van der Waals surface area contributed by atoms with Crippen molar-refractivity contribution in [2.75, 3.05) is 5.32 Å². The van der Waals surface area contributed by atoms with Gasteiger partial charge in [-0.15, -0.1) is 0 Å². The lowest BCUT2D eigenvalue weighted by Gasteiger charge is -2.22. The Morgan fingerprint density at radius 2 is 2.29 bits per heavy atom. The number of amides is 2. The van der Waals surface area contributed by atoms with E-state index in [0.717, 1.165) is 10.0 Å². The smallest absolute Gasteiger partial charge is 0.249 e. The zero-order chi connectivity index (χ0) is 12.4. The minimum atomic E-state index is -0.404. The number of piperidine rings is 1. The molecule has 2 rings (SSSR count). The highest BCUT2D eigenvalue weighted by molar-refractivity contribution is 9.10. The largest absolute Gasteiger partial charge is 0.357 e. The third-order valence-corrected chi connectivity index (χ3v) is 3.63. The summed E-state index contributed by atoms with van der Waals surface area (Å²) in [7, 11) is 0. The van der Waals surface area contributed by atoms with E-state index >= 15 is 0 Å². The highest BCUT2D eigenvalue weighted by Gasteiger charge is 2.27. The van der Waals surface area contributed by atoms with Crippen LogP contribution >= 0.6 is 15.9 Å². The third kappa shape index (κ3) is 2.63. The molecular weight excluding hydrogens is 286 g/mol. The highest BCUT2D eigenvalue weighted by Crippen LogP contribution is 2.24. The first-order chi connectivity index (χ1) is 8.08. The molecule has 2 amide bonds. The summed E-state index contributed by atoms with van der Waals surface area (Å²) in [5.74, 6) is 0.111. The number of halogens is 1. The second kappa shape index (κ2) is 4.83. The van der Waals surface area contributed by atoms with Crippen LogP contribution in [0.5, 0.6) is 0 Å². The van der Waals surface area contributed by atoms with Crippen molar-refractivity contribution in [1.29, 1.82) is 0 Å². The fourth-order valence-electron chi connectivity index (χ4n) is 1.64. The number of nitrogens with one attached hydrogen (secondary N) is 2. The SMILES string of the molecule is Cc1ccnc(NC2CCC(=O)NC2=O)c1Br. The predicted molar refractivity (Wildman–Crippen MR) is 66.5 cm³/mol. The number of hydrogen-bond acceptors (Lipinski definition) is 4. The van der Waals surface area contributed by atoms with Crippen LogP contribution < -0.4 is 10.6 Å². The average Bonchev–Trinajstić information content (AvgIpc) is 2.28. The van der Waals surface area contributed by atoms with Crippen molar-refractivity contribution in [2.24, 2.45) is 0 Å². The van der Waals surface area contributed by atoms with Crippen molar-refractivity contribution in [3.63, 3.8) is 0 Å². The van der Waals surface area contributed by atoms with E-state index in [0.29, 0.717) is 18.7 Å². The van der Waals surface area contributed by atoms with Crippen LogP contribution in [0.2, 0.25) is 0 Å². The van der Waals surface area contributed by atoms with Crippen LogP contribution in [0.15, 0.2) is 16.7 Å². The summed E-state index contributed by atoms with van der Waals surface area (Å²) in [4.78, 5) is 26.7. The van der Waals surface area contributed by atoms with Crippen molar-refractivity contribution < 1.29 is 9.59 Å². The van der Waals surface area contributed by atoms with Gasteiger partial charge in [-0.1, -0.05) is 0 Å². The lowest BCUT2D eigenvalue weighted by Crippen LogP contribution is -2.47. The standard InChI is InChI=1S/C11H12BrN3O2/c1-6-4-5-13-10(9(6)12)14-7-2-3-8(16)15-11(7)17/h4-5,7H,2-3H2,1H3,(H,13,14)(H,15,16,17). The molecule has 5 nitrogen and oxygen atoms in total. The molecule has 1 aliphatic heterocycles. The lowest BCUT2D eigenvalue weighted by atomic mass is 10.1. The summed E-state index contributed by atoms with van der Waals surface area (Å²) in [5, 5.41) is 5.34. The van der Waals surface area contributed by atoms with E-state index in [9.17, 15) is 9.59 Å². The Hall–Kier alpha value is -1.43. The van der Waals surface area contributed by atoms with Gasteiger partial charge in [-0.25, -0.2) is 4.98 Å². The molecule has 0 radical (unpaired) electrons. The van der Waals surface area contributed by atoms with E-state index in [1.165, 1.54) is 0 Å². The summed E-state index contributed by atoms with van der Waals surface area (Å²) >= 11 is 3.42. The number of carbonyl (C=O) groups excluding carboxylic acids is 2. The first-order valence-electron chi connectivity index (χ1n) is 5.29. The number of nitrogens with zero attached hydrogens (tertiary/aromatic N) is 1. The van der Waals surface area contributed by atoms with E-state index in [2.05, 4.69) is 31.5 Å². The van der Waals surface area contributed by atoms with Crippen molar-refractivity contribution >= 4 is 33.6 Å². The molecule has 1 saturated heterocycles. The van der Waals surface area contributed by atoms with Crippen LogP contribution in [0.3, 0.4) is 0 Å². The summed E-state index contributed by atoms with van der Waals surface area (Å²) in [6.07, 6.45) is 2.52. The number of rotatable bonds is 2. The summed E-state index contributed by atoms with van der Waals surface area (Å²) in [6.45, 7) is 1.95. The van der Waals surface area contributed by atoms with E-state index in [1.54, 1.807) is 6.20 Å². The van der Waals surface area contributed by atoms with E-state index in [1.807, 2.05) is 13.0 Å². The fourth-order valence-corrected chi connectivity index (χ4v) is 1.99. The van der Waals surface area contributed by atoms with Crippen LogP contribution in [-0.4, -0.2) is 22.8 Å². The van der Waals surface area contributed by atoms with Gasteiger partial charge in [0.25, 0.3) is 0 Å². The zero-order valence-corrected chi connectivity index (χ0v) is 10.9. The normalized spacial score (nSPS) is 20.0. The molecule has 0 saturated carbocycles. The maximum atomic E-state index is 11.6. The van der Waals surface area contributed by atoms with Gasteiger partial charge in [0.1, 0.15) is 11.9 Å². The molecule has 1 aliphatic rings. The monoisotopic (exact) mass is 297 g/mol. The number of imide groups is 1. The summed E-state index contributed by atoms with van der Waals surface area (Å²) in [6, 6.07) is 1.47. The molecule has 2 N–H and O–H groups in total. The third-order valence-electron chi connectivity index (χ3n) is 2.63. The molecular formula is C11H12BrN3O2. The van der Waals surface area contributed by atoms with Crippen LogP contribution in [0.25, 0.3) is 0 Å². The summed E-state index contributed by atoms with van der Waals surface area (Å²) in [5.41, 5.74) is 1.04. The molecule has 0 bridgehead atoms. The second-order valence-corrected chi connectivity index (χ2v) is 4.73. The molecule has 0 aromatic carbocycles. The molecule has 0 aliphatic carbocycles. The van der Waals surface area contributed by atoms with Gasteiger partial charge in [-0.2, -0.15) is 0 Å².